The minimum Gasteiger partial charge on any atom is -0.482 e. The van der Waals surface area contributed by atoms with Crippen LogP contribution in [0.2, 0.25) is 0 Å². The van der Waals surface area contributed by atoms with Crippen molar-refractivity contribution >= 4 is 31.2 Å². The fraction of sp³-hybridized carbons (Fsp3) is 0.636. The smallest absolute Gasteiger partial charge is 0.482 e. The van der Waals surface area contributed by atoms with E-state index in [1.165, 1.54) is 6.92 Å². The average Bonchev–Trinajstić information content (AvgIpc) is 2.85. The van der Waals surface area contributed by atoms with Gasteiger partial charge in [0.1, 0.15) is 0 Å². The van der Waals surface area contributed by atoms with Crippen molar-refractivity contribution in [3.63, 3.8) is 0 Å². The number of carbonyl (C=O) groups is 4. The van der Waals surface area contributed by atoms with Crippen LogP contribution in [-0.2, 0) is 47.4 Å². The predicted octanol–water partition coefficient (Wildman–Crippen LogP) is -1.40. The summed E-state index contributed by atoms with van der Waals surface area (Å²) in [6.45, 7) is 3.09. The summed E-state index contributed by atoms with van der Waals surface area (Å²) in [6, 6.07) is 0. The highest BCUT2D eigenvalue weighted by Gasteiger charge is 2.50. The van der Waals surface area contributed by atoms with E-state index in [-0.39, 0.29) is 13.2 Å². The summed E-state index contributed by atoms with van der Waals surface area (Å²) in [6.07, 6.45) is -3.46. The Hall–Kier alpha value is -2.14. The number of methoxy groups -OCH3 is 1. The summed E-state index contributed by atoms with van der Waals surface area (Å²) in [4.78, 5) is 46.0. The van der Waals surface area contributed by atoms with E-state index in [1.807, 2.05) is 0 Å². The Labute approximate surface area is 126 Å². The Kier molecular flexibility index (Phi) is 6.79. The van der Waals surface area contributed by atoms with Gasteiger partial charge in [-0.3, -0.25) is 4.79 Å². The lowest BCUT2D eigenvalue weighted by atomic mass is 10.2. The van der Waals surface area contributed by atoms with Gasteiger partial charge in [0.05, 0.1) is 20.3 Å². The molecule has 0 radical (unpaired) electrons. The average molecular weight is 318 g/mol. The van der Waals surface area contributed by atoms with E-state index in [2.05, 4.69) is 18.9 Å². The molecule has 2 atom stereocenters. The van der Waals surface area contributed by atoms with Gasteiger partial charge in [0.15, 0.2) is 0 Å². The zero-order valence-electron chi connectivity index (χ0n) is 12.2. The van der Waals surface area contributed by atoms with Gasteiger partial charge in [0.25, 0.3) is 0 Å². The third-order valence-corrected chi connectivity index (χ3v) is 2.34. The Morgan fingerprint density at radius 3 is 2.36 bits per heavy atom. The summed E-state index contributed by atoms with van der Waals surface area (Å²) in [5, 5.41) is 0. The highest BCUT2D eigenvalue weighted by Crippen LogP contribution is 2.15. The molecule has 1 aliphatic rings. The van der Waals surface area contributed by atoms with Crippen molar-refractivity contribution in [2.45, 2.75) is 26.1 Å². The van der Waals surface area contributed by atoms with Gasteiger partial charge in [0.2, 0.25) is 12.2 Å². The van der Waals surface area contributed by atoms with Crippen LogP contribution in [-0.4, -0.2) is 63.7 Å². The van der Waals surface area contributed by atoms with Crippen LogP contribution >= 0.6 is 0 Å². The normalized spacial score (nSPS) is 18.4. The standard InChI is InChI=1S/C11H15BO10/c1-4-18-9(14)6(8(13)17-3)20-12-21-7(11(16)22-12)10(15)19-5-2/h6-7H,4-5H2,1-3H3. The molecular formula is C11H15BO10. The molecule has 0 N–H and O–H groups in total. The third-order valence-electron chi connectivity index (χ3n) is 2.34. The van der Waals surface area contributed by atoms with Crippen LogP contribution in [0, 0.1) is 0 Å². The SMILES string of the molecule is CCOC(=O)C(OB1OC(=O)C(C(=O)OCC)O1)C(=O)OC. The molecule has 122 valence electrons. The van der Waals surface area contributed by atoms with Crippen LogP contribution < -0.4 is 0 Å². The first-order valence-electron chi connectivity index (χ1n) is 6.37. The molecule has 0 aromatic rings. The molecule has 1 rings (SSSR count). The third kappa shape index (κ3) is 4.43. The molecular weight excluding hydrogens is 303 g/mol. The molecule has 0 saturated carbocycles. The number of hydrogen-bond acceptors (Lipinski definition) is 10. The second-order valence-corrected chi connectivity index (χ2v) is 3.79. The first-order chi connectivity index (χ1) is 10.4. The van der Waals surface area contributed by atoms with Gasteiger partial charge in [-0.2, -0.15) is 0 Å². The van der Waals surface area contributed by atoms with Gasteiger partial charge in [0, 0.05) is 0 Å². The molecule has 2 unspecified atom stereocenters. The van der Waals surface area contributed by atoms with Crippen LogP contribution in [0.15, 0.2) is 0 Å². The monoisotopic (exact) mass is 318 g/mol. The summed E-state index contributed by atoms with van der Waals surface area (Å²) >= 11 is 0. The number of esters is 3. The van der Waals surface area contributed by atoms with Crippen molar-refractivity contribution in [3.05, 3.63) is 0 Å². The minimum absolute atomic E-state index is 0.00749. The zero-order valence-corrected chi connectivity index (χ0v) is 12.2. The molecule has 0 bridgehead atoms. The molecule has 0 aromatic heterocycles. The molecule has 1 heterocycles. The maximum Gasteiger partial charge on any atom is 0.717 e. The second kappa shape index (κ2) is 8.34. The fourth-order valence-electron chi connectivity index (χ4n) is 1.42. The lowest BCUT2D eigenvalue weighted by molar-refractivity contribution is -0.167. The summed E-state index contributed by atoms with van der Waals surface area (Å²) in [7, 11) is -0.712. The van der Waals surface area contributed by atoms with Gasteiger partial charge in [-0.05, 0) is 13.8 Å². The van der Waals surface area contributed by atoms with Crippen LogP contribution in [0.1, 0.15) is 13.8 Å². The minimum atomic E-state index is -1.82. The highest BCUT2D eigenvalue weighted by atomic mass is 16.8. The quantitative estimate of drug-likeness (QED) is 0.239. The van der Waals surface area contributed by atoms with Crippen molar-refractivity contribution in [3.8, 4) is 0 Å². The lowest BCUT2D eigenvalue weighted by Crippen LogP contribution is -2.41. The molecule has 0 aliphatic carbocycles. The number of ether oxygens (including phenoxy) is 3. The molecule has 1 saturated heterocycles. The Bertz CT molecular complexity index is 450. The van der Waals surface area contributed by atoms with Crippen molar-refractivity contribution < 1.29 is 47.4 Å². The van der Waals surface area contributed by atoms with E-state index >= 15 is 0 Å². The number of carbonyl (C=O) groups excluding carboxylic acids is 4. The molecule has 0 spiro atoms. The van der Waals surface area contributed by atoms with E-state index in [0.717, 1.165) is 7.11 Å². The zero-order chi connectivity index (χ0) is 16.7. The van der Waals surface area contributed by atoms with E-state index in [9.17, 15) is 19.2 Å². The van der Waals surface area contributed by atoms with Gasteiger partial charge in [-0.15, -0.1) is 0 Å². The first kappa shape index (κ1) is 17.9. The topological polar surface area (TPSA) is 124 Å². The largest absolute Gasteiger partial charge is 0.717 e. The van der Waals surface area contributed by atoms with Crippen molar-refractivity contribution in [2.24, 2.45) is 0 Å². The molecule has 0 amide bonds. The lowest BCUT2D eigenvalue weighted by Gasteiger charge is -2.14. The van der Waals surface area contributed by atoms with Crippen molar-refractivity contribution in [1.29, 1.82) is 0 Å². The Morgan fingerprint density at radius 2 is 1.82 bits per heavy atom. The summed E-state index contributed by atoms with van der Waals surface area (Å²) in [5.41, 5.74) is 0. The second-order valence-electron chi connectivity index (χ2n) is 3.79. The molecule has 0 aromatic carbocycles. The molecule has 11 heteroatoms. The van der Waals surface area contributed by atoms with E-state index in [0.29, 0.717) is 0 Å². The molecule has 1 aliphatic heterocycles. The number of hydrogen-bond donors (Lipinski definition) is 0. The van der Waals surface area contributed by atoms with Crippen LogP contribution in [0.5, 0.6) is 0 Å². The van der Waals surface area contributed by atoms with Gasteiger partial charge in [-0.25, -0.2) is 14.4 Å². The number of rotatable bonds is 7. The Morgan fingerprint density at radius 1 is 1.18 bits per heavy atom. The maximum absolute atomic E-state index is 11.6. The van der Waals surface area contributed by atoms with E-state index in [1.54, 1.807) is 6.92 Å². The molecule has 10 nitrogen and oxygen atoms in total. The van der Waals surface area contributed by atoms with Crippen molar-refractivity contribution in [1.82, 2.24) is 0 Å². The maximum atomic E-state index is 11.6. The Balaban J connectivity index is 2.71. The first-order valence-corrected chi connectivity index (χ1v) is 6.37. The fourth-order valence-corrected chi connectivity index (χ4v) is 1.42. The highest BCUT2D eigenvalue weighted by molar-refractivity contribution is 6.44. The molecule has 1 fully saturated rings. The summed E-state index contributed by atoms with van der Waals surface area (Å²) in [5.74, 6) is -4.15. The van der Waals surface area contributed by atoms with Gasteiger partial charge in [-0.1, -0.05) is 0 Å². The van der Waals surface area contributed by atoms with Crippen LogP contribution in [0.4, 0.5) is 0 Å². The molecule has 22 heavy (non-hydrogen) atoms. The van der Waals surface area contributed by atoms with Crippen LogP contribution in [0.3, 0.4) is 0 Å². The van der Waals surface area contributed by atoms with E-state index < -0.39 is 43.4 Å². The summed E-state index contributed by atoms with van der Waals surface area (Å²) < 4.78 is 27.9. The van der Waals surface area contributed by atoms with Crippen molar-refractivity contribution in [2.75, 3.05) is 20.3 Å². The predicted molar refractivity (Wildman–Crippen MR) is 66.9 cm³/mol. The van der Waals surface area contributed by atoms with E-state index in [4.69, 9.17) is 9.31 Å². The van der Waals surface area contributed by atoms with Crippen LogP contribution in [0.25, 0.3) is 0 Å². The van der Waals surface area contributed by atoms with Gasteiger partial charge >= 0.3 is 31.2 Å². The van der Waals surface area contributed by atoms with Gasteiger partial charge < -0.3 is 28.2 Å².